The minimum absolute atomic E-state index is 0.00659. The molecule has 0 saturated heterocycles. The molecule has 9 nitrogen and oxygen atoms in total. The lowest BCUT2D eigenvalue weighted by atomic mass is 10.0. The molecule has 27 heavy (non-hydrogen) atoms. The average molecular weight is 373 g/mol. The summed E-state index contributed by atoms with van der Waals surface area (Å²) in [5.74, 6) is -3.19. The highest BCUT2D eigenvalue weighted by Gasteiger charge is 2.36. The third-order valence-corrected chi connectivity index (χ3v) is 3.86. The molecular formula is C18H19N3O6. The smallest absolute Gasteiger partial charge is 0.338 e. The van der Waals surface area contributed by atoms with E-state index in [2.05, 4.69) is 6.58 Å². The van der Waals surface area contributed by atoms with E-state index in [0.29, 0.717) is 0 Å². The SMILES string of the molecule is C=CCN1C(=O)c2ccc(C(=O)O[C@H](C(=O)NC(N)=O)C(C)C)cc2C1=O. The zero-order valence-corrected chi connectivity index (χ0v) is 14.9. The number of imide groups is 2. The van der Waals surface area contributed by atoms with Gasteiger partial charge in [0.15, 0.2) is 6.10 Å². The molecule has 0 spiro atoms. The van der Waals surface area contributed by atoms with Crippen LogP contribution in [0.5, 0.6) is 0 Å². The number of hydrogen-bond acceptors (Lipinski definition) is 6. The van der Waals surface area contributed by atoms with Gasteiger partial charge in [-0.3, -0.25) is 24.6 Å². The molecule has 9 heteroatoms. The van der Waals surface area contributed by atoms with Crippen LogP contribution in [-0.2, 0) is 9.53 Å². The number of rotatable bonds is 6. The Hall–Kier alpha value is -3.49. The van der Waals surface area contributed by atoms with Crippen LogP contribution in [0, 0.1) is 5.92 Å². The molecule has 1 aromatic rings. The predicted octanol–water partition coefficient (Wildman–Crippen LogP) is 0.845. The minimum Gasteiger partial charge on any atom is -0.448 e. The van der Waals surface area contributed by atoms with Crippen LogP contribution >= 0.6 is 0 Å². The van der Waals surface area contributed by atoms with E-state index < -0.39 is 41.7 Å². The fraction of sp³-hybridized carbons (Fsp3) is 0.278. The van der Waals surface area contributed by atoms with Crippen LogP contribution in [0.25, 0.3) is 0 Å². The van der Waals surface area contributed by atoms with Crippen LogP contribution in [-0.4, -0.2) is 47.3 Å². The first-order valence-electron chi connectivity index (χ1n) is 8.09. The number of primary amides is 1. The van der Waals surface area contributed by atoms with E-state index in [1.807, 2.05) is 5.32 Å². The van der Waals surface area contributed by atoms with Crippen LogP contribution in [0.1, 0.15) is 44.9 Å². The van der Waals surface area contributed by atoms with Crippen molar-refractivity contribution in [2.75, 3.05) is 6.54 Å². The highest BCUT2D eigenvalue weighted by atomic mass is 16.5. The zero-order valence-electron chi connectivity index (χ0n) is 14.9. The highest BCUT2D eigenvalue weighted by molar-refractivity contribution is 6.22. The molecule has 0 bridgehead atoms. The van der Waals surface area contributed by atoms with Gasteiger partial charge in [-0.2, -0.15) is 0 Å². The third kappa shape index (κ3) is 4.02. The summed E-state index contributed by atoms with van der Waals surface area (Å²) in [7, 11) is 0. The van der Waals surface area contributed by atoms with Gasteiger partial charge in [-0.05, 0) is 24.1 Å². The number of nitrogens with zero attached hydrogens (tertiary/aromatic N) is 1. The van der Waals surface area contributed by atoms with Crippen LogP contribution in [0.4, 0.5) is 4.79 Å². The molecule has 142 valence electrons. The number of ether oxygens (including phenoxy) is 1. The quantitative estimate of drug-likeness (QED) is 0.431. The average Bonchev–Trinajstić information content (AvgIpc) is 2.83. The van der Waals surface area contributed by atoms with Gasteiger partial charge in [0, 0.05) is 6.54 Å². The Labute approximate surface area is 155 Å². The maximum absolute atomic E-state index is 12.4. The fourth-order valence-electron chi connectivity index (χ4n) is 2.58. The number of carbonyl (C=O) groups is 5. The Morgan fingerprint density at radius 1 is 1.22 bits per heavy atom. The number of fused-ring (bicyclic) bond motifs is 1. The van der Waals surface area contributed by atoms with Crippen molar-refractivity contribution in [2.45, 2.75) is 20.0 Å². The van der Waals surface area contributed by atoms with Gasteiger partial charge >= 0.3 is 12.0 Å². The van der Waals surface area contributed by atoms with Crippen molar-refractivity contribution in [2.24, 2.45) is 11.7 Å². The Morgan fingerprint density at radius 2 is 1.85 bits per heavy atom. The number of benzene rings is 1. The standard InChI is InChI=1S/C18H19N3O6/c1-4-7-21-15(23)11-6-5-10(8-12(11)16(21)24)17(25)27-13(9(2)3)14(22)20-18(19)26/h4-6,8-9,13H,1,7H2,2-3H3,(H3,19,20,22,26)/t13-/m0/s1. The van der Waals surface area contributed by atoms with E-state index in [-0.39, 0.29) is 23.2 Å². The van der Waals surface area contributed by atoms with Crippen LogP contribution in [0.15, 0.2) is 30.9 Å². The van der Waals surface area contributed by atoms with Crippen molar-refractivity contribution in [3.63, 3.8) is 0 Å². The Balaban J connectivity index is 2.25. The van der Waals surface area contributed by atoms with E-state index in [0.717, 1.165) is 4.90 Å². The van der Waals surface area contributed by atoms with Gasteiger partial charge in [-0.15, -0.1) is 6.58 Å². The largest absolute Gasteiger partial charge is 0.448 e. The van der Waals surface area contributed by atoms with E-state index >= 15 is 0 Å². The molecule has 1 atom stereocenters. The topological polar surface area (TPSA) is 136 Å². The summed E-state index contributed by atoms with van der Waals surface area (Å²) in [5.41, 5.74) is 5.14. The van der Waals surface area contributed by atoms with Gasteiger partial charge in [0.05, 0.1) is 16.7 Å². The number of esters is 1. The number of carbonyl (C=O) groups excluding carboxylic acids is 5. The molecule has 0 aromatic heterocycles. The van der Waals surface area contributed by atoms with Gasteiger partial charge < -0.3 is 10.5 Å². The molecule has 0 fully saturated rings. The second kappa shape index (κ2) is 7.81. The molecule has 3 N–H and O–H groups in total. The van der Waals surface area contributed by atoms with Gasteiger partial charge in [0.25, 0.3) is 17.7 Å². The summed E-state index contributed by atoms with van der Waals surface area (Å²) in [6.45, 7) is 6.79. The second-order valence-electron chi connectivity index (χ2n) is 6.19. The van der Waals surface area contributed by atoms with Gasteiger partial charge in [-0.1, -0.05) is 19.9 Å². The summed E-state index contributed by atoms with van der Waals surface area (Å²) < 4.78 is 5.17. The van der Waals surface area contributed by atoms with Crippen molar-refractivity contribution in [3.8, 4) is 0 Å². The van der Waals surface area contributed by atoms with Gasteiger partial charge in [0.1, 0.15) is 0 Å². The summed E-state index contributed by atoms with van der Waals surface area (Å²) in [5, 5.41) is 1.86. The fourth-order valence-corrected chi connectivity index (χ4v) is 2.58. The number of urea groups is 1. The molecule has 1 aliphatic rings. The molecule has 5 amide bonds. The molecule has 0 saturated carbocycles. The highest BCUT2D eigenvalue weighted by Crippen LogP contribution is 2.24. The molecule has 0 aliphatic carbocycles. The lowest BCUT2D eigenvalue weighted by Gasteiger charge is -2.19. The maximum Gasteiger partial charge on any atom is 0.338 e. The monoisotopic (exact) mass is 373 g/mol. The number of hydrogen-bond donors (Lipinski definition) is 2. The van der Waals surface area contributed by atoms with Gasteiger partial charge in [-0.25, -0.2) is 9.59 Å². The first-order valence-corrected chi connectivity index (χ1v) is 8.09. The van der Waals surface area contributed by atoms with Crippen LogP contribution in [0.3, 0.4) is 0 Å². The van der Waals surface area contributed by atoms with Gasteiger partial charge in [0.2, 0.25) is 0 Å². The summed E-state index contributed by atoms with van der Waals surface area (Å²) >= 11 is 0. The molecule has 2 rings (SSSR count). The molecule has 1 aliphatic heterocycles. The zero-order chi connectivity index (χ0) is 20.3. The van der Waals surface area contributed by atoms with Crippen molar-refractivity contribution in [1.82, 2.24) is 10.2 Å². The van der Waals surface area contributed by atoms with E-state index in [1.54, 1.807) is 13.8 Å². The molecule has 0 unspecified atom stereocenters. The normalized spacial score (nSPS) is 14.0. The van der Waals surface area contributed by atoms with E-state index in [4.69, 9.17) is 10.5 Å². The Bertz CT molecular complexity index is 845. The minimum atomic E-state index is -1.26. The summed E-state index contributed by atoms with van der Waals surface area (Å²) in [4.78, 5) is 60.7. The van der Waals surface area contributed by atoms with Crippen LogP contribution < -0.4 is 11.1 Å². The lowest BCUT2D eigenvalue weighted by Crippen LogP contribution is -2.45. The lowest BCUT2D eigenvalue weighted by molar-refractivity contribution is -0.130. The van der Waals surface area contributed by atoms with Crippen molar-refractivity contribution < 1.29 is 28.7 Å². The molecule has 1 aromatic carbocycles. The summed E-state index contributed by atoms with van der Waals surface area (Å²) in [6, 6.07) is 2.85. The Morgan fingerprint density at radius 3 is 2.41 bits per heavy atom. The first-order chi connectivity index (χ1) is 12.7. The summed E-state index contributed by atoms with van der Waals surface area (Å²) in [6.07, 6.45) is 0.161. The molecule has 1 heterocycles. The molecular weight excluding hydrogens is 354 g/mol. The third-order valence-electron chi connectivity index (χ3n) is 3.86. The second-order valence-corrected chi connectivity index (χ2v) is 6.19. The van der Waals surface area contributed by atoms with E-state index in [9.17, 15) is 24.0 Å². The van der Waals surface area contributed by atoms with E-state index in [1.165, 1.54) is 24.3 Å². The number of nitrogens with one attached hydrogen (secondary N) is 1. The molecule has 0 radical (unpaired) electrons. The van der Waals surface area contributed by atoms with Crippen molar-refractivity contribution in [1.29, 1.82) is 0 Å². The maximum atomic E-state index is 12.4. The Kier molecular flexibility index (Phi) is 5.74. The van der Waals surface area contributed by atoms with Crippen molar-refractivity contribution >= 4 is 29.7 Å². The van der Waals surface area contributed by atoms with Crippen LogP contribution in [0.2, 0.25) is 0 Å². The number of amides is 5. The van der Waals surface area contributed by atoms with Crippen molar-refractivity contribution in [3.05, 3.63) is 47.5 Å². The first kappa shape index (κ1) is 19.8. The predicted molar refractivity (Wildman–Crippen MR) is 93.8 cm³/mol. The number of nitrogens with two attached hydrogens (primary N) is 1.